The van der Waals surface area contributed by atoms with Gasteiger partial charge in [-0.05, 0) is 44.0 Å². The number of hydrogen-bond acceptors (Lipinski definition) is 5. The summed E-state index contributed by atoms with van der Waals surface area (Å²) in [7, 11) is 0. The standard InChI is InChI=1S/C21H27N5O/c1-17-8-9-19(24-23-17)25-12-5-13-26(15-14-25)20(27)21(10-11-22-16-21)18-6-3-2-4-7-18/h2-4,6-9,22H,5,10-16H2,1H3. The number of carbonyl (C=O) groups is 1. The lowest BCUT2D eigenvalue weighted by molar-refractivity contribution is -0.136. The van der Waals surface area contributed by atoms with Gasteiger partial charge in [0.1, 0.15) is 0 Å². The number of hydrogen-bond donors (Lipinski definition) is 1. The molecule has 1 aromatic heterocycles. The molecular formula is C21H27N5O. The highest BCUT2D eigenvalue weighted by Gasteiger charge is 2.45. The van der Waals surface area contributed by atoms with Gasteiger partial charge in [0, 0.05) is 32.7 Å². The minimum Gasteiger partial charge on any atom is -0.353 e. The quantitative estimate of drug-likeness (QED) is 0.898. The molecule has 2 saturated heterocycles. The van der Waals surface area contributed by atoms with Crippen LogP contribution in [-0.4, -0.2) is 60.3 Å². The lowest BCUT2D eigenvalue weighted by atomic mass is 9.78. The molecular weight excluding hydrogens is 338 g/mol. The molecule has 3 heterocycles. The van der Waals surface area contributed by atoms with Gasteiger partial charge in [0.15, 0.2) is 5.82 Å². The second kappa shape index (κ2) is 7.64. The molecule has 1 unspecified atom stereocenters. The summed E-state index contributed by atoms with van der Waals surface area (Å²) in [6, 6.07) is 14.3. The average Bonchev–Trinajstić information content (AvgIpc) is 3.08. The van der Waals surface area contributed by atoms with Gasteiger partial charge >= 0.3 is 0 Å². The molecule has 0 saturated carbocycles. The van der Waals surface area contributed by atoms with E-state index in [4.69, 9.17) is 0 Å². The van der Waals surface area contributed by atoms with E-state index in [9.17, 15) is 4.79 Å². The first-order valence-electron chi connectivity index (χ1n) is 9.80. The Bertz CT molecular complexity index is 771. The molecule has 27 heavy (non-hydrogen) atoms. The van der Waals surface area contributed by atoms with Crippen molar-refractivity contribution in [1.29, 1.82) is 0 Å². The summed E-state index contributed by atoms with van der Waals surface area (Å²) >= 11 is 0. The Labute approximate surface area is 160 Å². The fraction of sp³-hybridized carbons (Fsp3) is 0.476. The van der Waals surface area contributed by atoms with E-state index in [0.717, 1.165) is 69.2 Å². The Hall–Kier alpha value is -2.47. The zero-order valence-electron chi connectivity index (χ0n) is 15.9. The first-order valence-corrected chi connectivity index (χ1v) is 9.80. The van der Waals surface area contributed by atoms with Gasteiger partial charge in [0.2, 0.25) is 5.91 Å². The maximum Gasteiger partial charge on any atom is 0.234 e. The van der Waals surface area contributed by atoms with Crippen LogP contribution in [0.1, 0.15) is 24.1 Å². The third-order valence-corrected chi connectivity index (χ3v) is 5.78. The normalized spacial score (nSPS) is 23.3. The summed E-state index contributed by atoms with van der Waals surface area (Å²) in [5, 5.41) is 11.9. The fourth-order valence-electron chi connectivity index (χ4n) is 4.21. The van der Waals surface area contributed by atoms with Crippen LogP contribution in [0.25, 0.3) is 0 Å². The minimum atomic E-state index is -0.430. The first kappa shape index (κ1) is 17.9. The van der Waals surface area contributed by atoms with E-state index >= 15 is 0 Å². The molecule has 6 nitrogen and oxygen atoms in total. The zero-order valence-corrected chi connectivity index (χ0v) is 15.9. The predicted octanol–water partition coefficient (Wildman–Crippen LogP) is 1.76. The van der Waals surface area contributed by atoms with Crippen LogP contribution in [0, 0.1) is 6.92 Å². The van der Waals surface area contributed by atoms with E-state index < -0.39 is 5.41 Å². The Morgan fingerprint density at radius 3 is 2.59 bits per heavy atom. The van der Waals surface area contributed by atoms with Crippen molar-refractivity contribution >= 4 is 11.7 Å². The molecule has 1 aromatic carbocycles. The molecule has 1 N–H and O–H groups in total. The Kier molecular flexibility index (Phi) is 5.07. The van der Waals surface area contributed by atoms with Gasteiger partial charge in [-0.3, -0.25) is 4.79 Å². The summed E-state index contributed by atoms with van der Waals surface area (Å²) in [5.41, 5.74) is 1.62. The SMILES string of the molecule is Cc1ccc(N2CCCN(C(=O)C3(c4ccccc4)CCNC3)CC2)nn1. The van der Waals surface area contributed by atoms with E-state index in [2.05, 4.69) is 37.4 Å². The van der Waals surface area contributed by atoms with E-state index in [-0.39, 0.29) is 5.91 Å². The summed E-state index contributed by atoms with van der Waals surface area (Å²) in [5.74, 6) is 1.16. The first-order chi connectivity index (χ1) is 13.2. The molecule has 2 aromatic rings. The van der Waals surface area contributed by atoms with Crippen LogP contribution in [0.15, 0.2) is 42.5 Å². The smallest absolute Gasteiger partial charge is 0.234 e. The lowest BCUT2D eigenvalue weighted by Crippen LogP contribution is -2.49. The van der Waals surface area contributed by atoms with Gasteiger partial charge in [-0.2, -0.15) is 5.10 Å². The summed E-state index contributed by atoms with van der Waals surface area (Å²) in [6.07, 6.45) is 1.80. The fourth-order valence-corrected chi connectivity index (χ4v) is 4.21. The lowest BCUT2D eigenvalue weighted by Gasteiger charge is -2.34. The van der Waals surface area contributed by atoms with Crippen LogP contribution >= 0.6 is 0 Å². The molecule has 1 amide bonds. The number of amides is 1. The number of aromatic nitrogens is 2. The van der Waals surface area contributed by atoms with Crippen LogP contribution in [-0.2, 0) is 10.2 Å². The van der Waals surface area contributed by atoms with Gasteiger partial charge in [0.25, 0.3) is 0 Å². The van der Waals surface area contributed by atoms with Crippen LogP contribution in [0.5, 0.6) is 0 Å². The Morgan fingerprint density at radius 1 is 1.04 bits per heavy atom. The average molecular weight is 365 g/mol. The van der Waals surface area contributed by atoms with E-state index in [1.165, 1.54) is 0 Å². The number of nitrogens with one attached hydrogen (secondary N) is 1. The molecule has 2 fully saturated rings. The number of nitrogens with zero attached hydrogens (tertiary/aromatic N) is 4. The number of aryl methyl sites for hydroxylation is 1. The van der Waals surface area contributed by atoms with Crippen LogP contribution < -0.4 is 10.2 Å². The number of rotatable bonds is 3. The van der Waals surface area contributed by atoms with Crippen molar-refractivity contribution in [3.63, 3.8) is 0 Å². The second-order valence-electron chi connectivity index (χ2n) is 7.54. The maximum atomic E-state index is 13.6. The van der Waals surface area contributed by atoms with Crippen molar-refractivity contribution in [2.45, 2.75) is 25.2 Å². The van der Waals surface area contributed by atoms with Crippen LogP contribution in [0.4, 0.5) is 5.82 Å². The van der Waals surface area contributed by atoms with Crippen molar-refractivity contribution in [3.8, 4) is 0 Å². The van der Waals surface area contributed by atoms with E-state index in [1.54, 1.807) is 0 Å². The van der Waals surface area contributed by atoms with Gasteiger partial charge in [-0.1, -0.05) is 30.3 Å². The van der Waals surface area contributed by atoms with E-state index in [0.29, 0.717) is 0 Å². The van der Waals surface area contributed by atoms with Crippen molar-refractivity contribution in [2.24, 2.45) is 0 Å². The molecule has 6 heteroatoms. The Morgan fingerprint density at radius 2 is 1.89 bits per heavy atom. The van der Waals surface area contributed by atoms with Crippen molar-refractivity contribution in [2.75, 3.05) is 44.2 Å². The largest absolute Gasteiger partial charge is 0.353 e. The van der Waals surface area contributed by atoms with Crippen LogP contribution in [0.3, 0.4) is 0 Å². The highest BCUT2D eigenvalue weighted by molar-refractivity contribution is 5.89. The van der Waals surface area contributed by atoms with Crippen molar-refractivity contribution in [1.82, 2.24) is 20.4 Å². The Balaban J connectivity index is 1.51. The molecule has 4 rings (SSSR count). The molecule has 2 aliphatic heterocycles. The zero-order chi connectivity index (χ0) is 18.7. The van der Waals surface area contributed by atoms with Gasteiger partial charge in [-0.25, -0.2) is 0 Å². The van der Waals surface area contributed by atoms with Gasteiger partial charge in [-0.15, -0.1) is 5.10 Å². The molecule has 142 valence electrons. The number of carbonyl (C=O) groups excluding carboxylic acids is 1. The monoisotopic (exact) mass is 365 g/mol. The molecule has 0 bridgehead atoms. The maximum absolute atomic E-state index is 13.6. The molecule has 0 spiro atoms. The summed E-state index contributed by atoms with van der Waals surface area (Å²) in [4.78, 5) is 17.9. The number of benzene rings is 1. The van der Waals surface area contributed by atoms with Crippen LogP contribution in [0.2, 0.25) is 0 Å². The third-order valence-electron chi connectivity index (χ3n) is 5.78. The summed E-state index contributed by atoms with van der Waals surface area (Å²) < 4.78 is 0. The van der Waals surface area contributed by atoms with Crippen molar-refractivity contribution in [3.05, 3.63) is 53.7 Å². The summed E-state index contributed by atoms with van der Waals surface area (Å²) in [6.45, 7) is 6.77. The van der Waals surface area contributed by atoms with Gasteiger partial charge < -0.3 is 15.1 Å². The third kappa shape index (κ3) is 3.54. The van der Waals surface area contributed by atoms with Crippen molar-refractivity contribution < 1.29 is 4.79 Å². The molecule has 1 atom stereocenters. The second-order valence-corrected chi connectivity index (χ2v) is 7.54. The number of anilines is 1. The highest BCUT2D eigenvalue weighted by atomic mass is 16.2. The predicted molar refractivity (Wildman–Crippen MR) is 106 cm³/mol. The van der Waals surface area contributed by atoms with E-state index in [1.807, 2.05) is 37.3 Å². The molecule has 0 radical (unpaired) electrons. The minimum absolute atomic E-state index is 0.260. The molecule has 2 aliphatic rings. The molecule has 0 aliphatic carbocycles. The highest BCUT2D eigenvalue weighted by Crippen LogP contribution is 2.33. The topological polar surface area (TPSA) is 61.4 Å². The van der Waals surface area contributed by atoms with Gasteiger partial charge in [0.05, 0.1) is 11.1 Å².